The third kappa shape index (κ3) is 4.40. The van der Waals surface area contributed by atoms with Crippen LogP contribution in [0.4, 0.5) is 0 Å². The Labute approximate surface area is 131 Å². The number of rotatable bonds is 6. The summed E-state index contributed by atoms with van der Waals surface area (Å²) in [4.78, 5) is 0. The first-order valence-electron chi connectivity index (χ1n) is 7.10. The van der Waals surface area contributed by atoms with Gasteiger partial charge in [0, 0.05) is 6.54 Å². The first kappa shape index (κ1) is 16.7. The summed E-state index contributed by atoms with van der Waals surface area (Å²) < 4.78 is 26.9. The molecule has 118 valence electrons. The van der Waals surface area contributed by atoms with Crippen LogP contribution in [0.5, 0.6) is 0 Å². The zero-order chi connectivity index (χ0) is 16.2. The Bertz CT molecular complexity index is 725. The number of benzene rings is 2. The fraction of sp³-hybridized carbons (Fsp3) is 0.294. The summed E-state index contributed by atoms with van der Waals surface area (Å²) in [7, 11) is -3.51. The van der Waals surface area contributed by atoms with Gasteiger partial charge < -0.3 is 5.11 Å². The van der Waals surface area contributed by atoms with Gasteiger partial charge in [-0.3, -0.25) is 0 Å². The molecule has 0 saturated heterocycles. The third-order valence-corrected chi connectivity index (χ3v) is 4.91. The molecule has 0 aliphatic rings. The van der Waals surface area contributed by atoms with Gasteiger partial charge >= 0.3 is 0 Å². The molecule has 0 bridgehead atoms. The lowest BCUT2D eigenvalue weighted by Crippen LogP contribution is -2.39. The molecule has 22 heavy (non-hydrogen) atoms. The molecule has 2 N–H and O–H groups in total. The second-order valence-electron chi connectivity index (χ2n) is 5.65. The molecular formula is C17H21NO3S. The Morgan fingerprint density at radius 2 is 1.64 bits per heavy atom. The van der Waals surface area contributed by atoms with E-state index in [0.717, 1.165) is 11.1 Å². The van der Waals surface area contributed by atoms with Crippen LogP contribution in [0.25, 0.3) is 0 Å². The molecule has 0 amide bonds. The second-order valence-corrected chi connectivity index (χ2v) is 7.45. The van der Waals surface area contributed by atoms with Crippen LogP contribution < -0.4 is 4.72 Å². The maximum Gasteiger partial charge on any atom is 0.215 e. The van der Waals surface area contributed by atoms with E-state index in [2.05, 4.69) is 4.72 Å². The van der Waals surface area contributed by atoms with E-state index < -0.39 is 15.6 Å². The zero-order valence-electron chi connectivity index (χ0n) is 12.8. The normalized spacial score (nSPS) is 14.5. The second kappa shape index (κ2) is 6.60. The standard InChI is InChI=1S/C17H21NO3S/c1-14-8-6-7-9-15(14)12-22(20,21)18-13-17(2,19)16-10-4-3-5-11-16/h3-11,18-19H,12-13H2,1-2H3. The van der Waals surface area contributed by atoms with Crippen LogP contribution in [-0.2, 0) is 21.4 Å². The zero-order valence-corrected chi connectivity index (χ0v) is 13.6. The SMILES string of the molecule is Cc1ccccc1CS(=O)(=O)NCC(C)(O)c1ccccc1. The summed E-state index contributed by atoms with van der Waals surface area (Å²) in [5.41, 5.74) is 1.12. The van der Waals surface area contributed by atoms with E-state index in [1.54, 1.807) is 25.1 Å². The number of sulfonamides is 1. The van der Waals surface area contributed by atoms with Crippen molar-refractivity contribution in [3.8, 4) is 0 Å². The van der Waals surface area contributed by atoms with Crippen molar-refractivity contribution in [2.24, 2.45) is 0 Å². The van der Waals surface area contributed by atoms with Gasteiger partial charge in [-0.2, -0.15) is 0 Å². The van der Waals surface area contributed by atoms with Crippen molar-refractivity contribution in [1.82, 2.24) is 4.72 Å². The van der Waals surface area contributed by atoms with Gasteiger partial charge in [0.05, 0.1) is 5.75 Å². The van der Waals surface area contributed by atoms with Crippen molar-refractivity contribution in [3.63, 3.8) is 0 Å². The molecule has 2 aromatic carbocycles. The topological polar surface area (TPSA) is 66.4 Å². The summed E-state index contributed by atoms with van der Waals surface area (Å²) in [6.07, 6.45) is 0. The Balaban J connectivity index is 2.05. The molecular weight excluding hydrogens is 298 g/mol. The highest BCUT2D eigenvalue weighted by atomic mass is 32.2. The minimum Gasteiger partial charge on any atom is -0.384 e. The molecule has 2 rings (SSSR count). The number of aryl methyl sites for hydroxylation is 1. The average Bonchev–Trinajstić information content (AvgIpc) is 2.49. The lowest BCUT2D eigenvalue weighted by molar-refractivity contribution is 0.0627. The lowest BCUT2D eigenvalue weighted by Gasteiger charge is -2.24. The highest BCUT2D eigenvalue weighted by molar-refractivity contribution is 7.88. The first-order valence-corrected chi connectivity index (χ1v) is 8.75. The highest BCUT2D eigenvalue weighted by Gasteiger charge is 2.25. The Morgan fingerprint density at radius 1 is 1.05 bits per heavy atom. The van der Waals surface area contributed by atoms with Gasteiger partial charge in [-0.15, -0.1) is 0 Å². The number of nitrogens with one attached hydrogen (secondary N) is 1. The predicted octanol–water partition coefficient (Wildman–Crippen LogP) is 2.32. The molecule has 0 fully saturated rings. The number of aliphatic hydroxyl groups is 1. The first-order chi connectivity index (χ1) is 10.3. The summed E-state index contributed by atoms with van der Waals surface area (Å²) in [6, 6.07) is 16.4. The smallest absolute Gasteiger partial charge is 0.215 e. The van der Waals surface area contributed by atoms with E-state index in [1.165, 1.54) is 0 Å². The molecule has 1 atom stereocenters. The van der Waals surface area contributed by atoms with Crippen LogP contribution in [0.1, 0.15) is 23.6 Å². The summed E-state index contributed by atoms with van der Waals surface area (Å²) in [5, 5.41) is 10.4. The number of hydrogen-bond donors (Lipinski definition) is 2. The van der Waals surface area contributed by atoms with Crippen molar-refractivity contribution in [2.75, 3.05) is 6.54 Å². The molecule has 0 saturated carbocycles. The van der Waals surface area contributed by atoms with Crippen LogP contribution in [0.15, 0.2) is 54.6 Å². The molecule has 2 aromatic rings. The molecule has 5 heteroatoms. The van der Waals surface area contributed by atoms with Crippen molar-refractivity contribution in [2.45, 2.75) is 25.2 Å². The minimum absolute atomic E-state index is 0.0643. The van der Waals surface area contributed by atoms with E-state index in [0.29, 0.717) is 5.56 Å². The Kier molecular flexibility index (Phi) is 5.01. The van der Waals surface area contributed by atoms with Crippen LogP contribution in [0, 0.1) is 6.92 Å². The van der Waals surface area contributed by atoms with Crippen LogP contribution in [-0.4, -0.2) is 20.1 Å². The Hall–Kier alpha value is -1.69. The van der Waals surface area contributed by atoms with Gasteiger partial charge in [-0.1, -0.05) is 54.6 Å². The molecule has 0 radical (unpaired) electrons. The van der Waals surface area contributed by atoms with E-state index >= 15 is 0 Å². The van der Waals surface area contributed by atoms with Crippen molar-refractivity contribution in [1.29, 1.82) is 0 Å². The molecule has 1 unspecified atom stereocenters. The minimum atomic E-state index is -3.51. The van der Waals surface area contributed by atoms with Crippen molar-refractivity contribution < 1.29 is 13.5 Å². The summed E-state index contributed by atoms with van der Waals surface area (Å²) in [5.74, 6) is -0.0927. The summed E-state index contributed by atoms with van der Waals surface area (Å²) >= 11 is 0. The average molecular weight is 319 g/mol. The van der Waals surface area contributed by atoms with Gasteiger partial charge in [0.2, 0.25) is 10.0 Å². The van der Waals surface area contributed by atoms with E-state index in [4.69, 9.17) is 0 Å². The molecule has 0 aromatic heterocycles. The highest BCUT2D eigenvalue weighted by Crippen LogP contribution is 2.19. The molecule has 4 nitrogen and oxygen atoms in total. The van der Waals surface area contributed by atoms with Gasteiger partial charge in [0.1, 0.15) is 5.60 Å². The van der Waals surface area contributed by atoms with E-state index in [1.807, 2.05) is 43.3 Å². The van der Waals surface area contributed by atoms with Crippen LogP contribution in [0.3, 0.4) is 0 Å². The van der Waals surface area contributed by atoms with E-state index in [9.17, 15) is 13.5 Å². The van der Waals surface area contributed by atoms with Crippen molar-refractivity contribution >= 4 is 10.0 Å². The van der Waals surface area contributed by atoms with Crippen LogP contribution in [0.2, 0.25) is 0 Å². The maximum atomic E-state index is 12.2. The third-order valence-electron chi connectivity index (χ3n) is 3.64. The summed E-state index contributed by atoms with van der Waals surface area (Å²) in [6.45, 7) is 3.41. The van der Waals surface area contributed by atoms with Gasteiger partial charge in [0.25, 0.3) is 0 Å². The molecule has 0 aliphatic carbocycles. The number of hydrogen-bond acceptors (Lipinski definition) is 3. The largest absolute Gasteiger partial charge is 0.384 e. The van der Waals surface area contributed by atoms with Gasteiger partial charge in [-0.05, 0) is 30.5 Å². The maximum absolute atomic E-state index is 12.2. The Morgan fingerprint density at radius 3 is 2.27 bits per heavy atom. The molecule has 0 spiro atoms. The predicted molar refractivity (Wildman–Crippen MR) is 87.8 cm³/mol. The van der Waals surface area contributed by atoms with Crippen molar-refractivity contribution in [3.05, 3.63) is 71.3 Å². The monoisotopic (exact) mass is 319 g/mol. The van der Waals surface area contributed by atoms with Crippen LogP contribution >= 0.6 is 0 Å². The molecule has 0 heterocycles. The fourth-order valence-electron chi connectivity index (χ4n) is 2.18. The quantitative estimate of drug-likeness (QED) is 0.859. The van der Waals surface area contributed by atoms with Gasteiger partial charge in [-0.25, -0.2) is 13.1 Å². The fourth-order valence-corrected chi connectivity index (χ4v) is 3.51. The lowest BCUT2D eigenvalue weighted by atomic mass is 9.97. The van der Waals surface area contributed by atoms with Gasteiger partial charge in [0.15, 0.2) is 0 Å². The van der Waals surface area contributed by atoms with E-state index in [-0.39, 0.29) is 12.3 Å². The molecule has 0 aliphatic heterocycles.